The van der Waals surface area contributed by atoms with E-state index in [0.717, 1.165) is 11.3 Å². The zero-order chi connectivity index (χ0) is 7.68. The highest BCUT2D eigenvalue weighted by atomic mass is 16.1. The van der Waals surface area contributed by atoms with Gasteiger partial charge < -0.3 is 0 Å². The number of aromatic nitrogens is 2. The van der Waals surface area contributed by atoms with Crippen molar-refractivity contribution >= 4 is 12.1 Å². The summed E-state index contributed by atoms with van der Waals surface area (Å²) in [6, 6.07) is 0. The number of rotatable bonds is 0. The molecule has 0 unspecified atom stereocenters. The van der Waals surface area contributed by atoms with Crippen LogP contribution in [-0.4, -0.2) is 22.1 Å². The summed E-state index contributed by atoms with van der Waals surface area (Å²) in [5.74, 6) is -0.142. The van der Waals surface area contributed by atoms with Gasteiger partial charge in [0.05, 0.1) is 12.1 Å². The second-order valence-electron chi connectivity index (χ2n) is 2.25. The van der Waals surface area contributed by atoms with Gasteiger partial charge in [-0.25, -0.2) is 15.0 Å². The minimum Gasteiger partial charge on any atom is -0.272 e. The molecule has 0 aliphatic carbocycles. The van der Waals surface area contributed by atoms with Gasteiger partial charge in [-0.15, -0.1) is 0 Å². The fourth-order valence-electron chi connectivity index (χ4n) is 0.952. The second-order valence-corrected chi connectivity index (χ2v) is 2.25. The molecule has 1 amide bonds. The van der Waals surface area contributed by atoms with E-state index in [0.29, 0.717) is 6.42 Å². The number of fused-ring (bicyclic) bond motifs is 1. The van der Waals surface area contributed by atoms with E-state index in [1.807, 2.05) is 0 Å². The van der Waals surface area contributed by atoms with Gasteiger partial charge in [-0.1, -0.05) is 0 Å². The van der Waals surface area contributed by atoms with E-state index >= 15 is 0 Å². The van der Waals surface area contributed by atoms with Crippen LogP contribution in [0.15, 0.2) is 17.5 Å². The third-order valence-electron chi connectivity index (χ3n) is 1.49. The Morgan fingerprint density at radius 3 is 3.27 bits per heavy atom. The van der Waals surface area contributed by atoms with Crippen LogP contribution in [0.25, 0.3) is 0 Å². The molecule has 0 radical (unpaired) electrons. The molecule has 0 saturated heterocycles. The van der Waals surface area contributed by atoms with E-state index in [9.17, 15) is 4.79 Å². The summed E-state index contributed by atoms with van der Waals surface area (Å²) >= 11 is 0. The molecule has 4 nitrogen and oxygen atoms in total. The fourth-order valence-corrected chi connectivity index (χ4v) is 0.952. The molecule has 0 saturated carbocycles. The zero-order valence-electron chi connectivity index (χ0n) is 5.69. The van der Waals surface area contributed by atoms with Gasteiger partial charge in [0.2, 0.25) is 0 Å². The Balaban J connectivity index is 2.54. The Bertz CT molecular complexity index is 332. The van der Waals surface area contributed by atoms with Crippen molar-refractivity contribution in [3.05, 3.63) is 23.8 Å². The predicted molar refractivity (Wildman–Crippen MR) is 38.3 cm³/mol. The van der Waals surface area contributed by atoms with Crippen LogP contribution in [0.2, 0.25) is 0 Å². The summed E-state index contributed by atoms with van der Waals surface area (Å²) in [7, 11) is 0. The van der Waals surface area contributed by atoms with Gasteiger partial charge in [0.1, 0.15) is 6.33 Å². The molecule has 1 aliphatic heterocycles. The highest BCUT2D eigenvalue weighted by Crippen LogP contribution is 2.06. The Morgan fingerprint density at radius 1 is 1.45 bits per heavy atom. The number of aliphatic imine (C=N–C) groups is 1. The molecular formula is C7H5N3O. The van der Waals surface area contributed by atoms with Crippen molar-refractivity contribution in [2.45, 2.75) is 6.42 Å². The summed E-state index contributed by atoms with van der Waals surface area (Å²) in [6.07, 6.45) is 4.89. The average molecular weight is 147 g/mol. The minimum atomic E-state index is -0.142. The smallest absolute Gasteiger partial charge is 0.251 e. The fraction of sp³-hybridized carbons (Fsp3) is 0.143. The summed E-state index contributed by atoms with van der Waals surface area (Å²) in [5, 5.41) is 0. The molecular weight excluding hydrogens is 142 g/mol. The molecule has 0 atom stereocenters. The number of nitrogens with zero attached hydrogens (tertiary/aromatic N) is 3. The van der Waals surface area contributed by atoms with Crippen LogP contribution in [0.5, 0.6) is 0 Å². The summed E-state index contributed by atoms with van der Waals surface area (Å²) < 4.78 is 0. The van der Waals surface area contributed by atoms with Crippen LogP contribution in [0.4, 0.5) is 0 Å². The first kappa shape index (κ1) is 6.15. The van der Waals surface area contributed by atoms with Gasteiger partial charge in [0.25, 0.3) is 5.91 Å². The maximum absolute atomic E-state index is 10.8. The van der Waals surface area contributed by atoms with Gasteiger partial charge in [0.15, 0.2) is 0 Å². The predicted octanol–water partition coefficient (Wildman–Crippen LogP) is -0.0218. The van der Waals surface area contributed by atoms with Crippen LogP contribution < -0.4 is 0 Å². The van der Waals surface area contributed by atoms with Crippen molar-refractivity contribution < 1.29 is 4.79 Å². The van der Waals surface area contributed by atoms with Gasteiger partial charge in [-0.05, 0) is 0 Å². The number of amides is 1. The standard InChI is InChI=1S/C7H5N3O/c11-7-1-6-5(3-9-7)2-8-4-10-6/h2-4H,1H2. The maximum atomic E-state index is 10.8. The van der Waals surface area contributed by atoms with Crippen molar-refractivity contribution in [2.75, 3.05) is 0 Å². The average Bonchev–Trinajstić information content (AvgIpc) is 2.04. The van der Waals surface area contributed by atoms with Crippen LogP contribution in [0.1, 0.15) is 11.3 Å². The molecule has 54 valence electrons. The van der Waals surface area contributed by atoms with Gasteiger partial charge in [-0.2, -0.15) is 0 Å². The molecule has 4 heteroatoms. The molecule has 0 aromatic carbocycles. The summed E-state index contributed by atoms with van der Waals surface area (Å²) in [4.78, 5) is 22.2. The van der Waals surface area contributed by atoms with Crippen molar-refractivity contribution in [3.63, 3.8) is 0 Å². The summed E-state index contributed by atoms with van der Waals surface area (Å²) in [6.45, 7) is 0. The molecule has 1 aromatic heterocycles. The van der Waals surface area contributed by atoms with Crippen molar-refractivity contribution in [3.8, 4) is 0 Å². The third-order valence-corrected chi connectivity index (χ3v) is 1.49. The first-order chi connectivity index (χ1) is 5.36. The van der Waals surface area contributed by atoms with Crippen LogP contribution >= 0.6 is 0 Å². The van der Waals surface area contributed by atoms with Crippen LogP contribution in [0, 0.1) is 0 Å². The van der Waals surface area contributed by atoms with Crippen LogP contribution in [0.3, 0.4) is 0 Å². The number of carbonyl (C=O) groups is 1. The van der Waals surface area contributed by atoms with E-state index in [1.165, 1.54) is 12.5 Å². The number of hydrogen-bond donors (Lipinski definition) is 0. The zero-order valence-corrected chi connectivity index (χ0v) is 5.69. The van der Waals surface area contributed by atoms with E-state index < -0.39 is 0 Å². The largest absolute Gasteiger partial charge is 0.272 e. The second kappa shape index (κ2) is 2.23. The monoisotopic (exact) mass is 147 g/mol. The highest BCUT2D eigenvalue weighted by molar-refractivity contribution is 5.97. The van der Waals surface area contributed by atoms with Gasteiger partial charge in [-0.3, -0.25) is 4.79 Å². The number of hydrogen-bond acceptors (Lipinski definition) is 3. The van der Waals surface area contributed by atoms with Gasteiger partial charge >= 0.3 is 0 Å². The quantitative estimate of drug-likeness (QED) is 0.518. The maximum Gasteiger partial charge on any atom is 0.251 e. The lowest BCUT2D eigenvalue weighted by Crippen LogP contribution is -2.10. The molecule has 0 spiro atoms. The van der Waals surface area contributed by atoms with E-state index in [1.54, 1.807) is 6.20 Å². The third kappa shape index (κ3) is 1.02. The number of carbonyl (C=O) groups excluding carboxylic acids is 1. The molecule has 2 heterocycles. The SMILES string of the molecule is O=C1Cc2ncncc2C=N1. The van der Waals surface area contributed by atoms with Crippen molar-refractivity contribution in [1.82, 2.24) is 9.97 Å². The molecule has 1 aliphatic rings. The molecule has 0 bridgehead atoms. The van der Waals surface area contributed by atoms with Crippen molar-refractivity contribution in [1.29, 1.82) is 0 Å². The molecule has 1 aromatic rings. The summed E-state index contributed by atoms with van der Waals surface area (Å²) in [5.41, 5.74) is 1.60. The lowest BCUT2D eigenvalue weighted by Gasteiger charge is -2.04. The lowest BCUT2D eigenvalue weighted by molar-refractivity contribution is -0.117. The Labute approximate surface area is 63.0 Å². The van der Waals surface area contributed by atoms with E-state index in [2.05, 4.69) is 15.0 Å². The van der Waals surface area contributed by atoms with E-state index in [-0.39, 0.29) is 5.91 Å². The normalized spacial score (nSPS) is 14.7. The van der Waals surface area contributed by atoms with E-state index in [4.69, 9.17) is 0 Å². The molecule has 0 N–H and O–H groups in total. The molecule has 2 rings (SSSR count). The lowest BCUT2D eigenvalue weighted by atomic mass is 10.1. The topological polar surface area (TPSA) is 55.2 Å². The van der Waals surface area contributed by atoms with Crippen LogP contribution in [-0.2, 0) is 11.2 Å². The molecule has 0 fully saturated rings. The van der Waals surface area contributed by atoms with Gasteiger partial charge in [0, 0.05) is 18.0 Å². The molecule has 11 heavy (non-hydrogen) atoms. The highest BCUT2D eigenvalue weighted by Gasteiger charge is 2.11. The Kier molecular flexibility index (Phi) is 1.25. The first-order valence-corrected chi connectivity index (χ1v) is 3.22. The minimum absolute atomic E-state index is 0.142. The first-order valence-electron chi connectivity index (χ1n) is 3.22. The Hall–Kier alpha value is -1.58. The van der Waals surface area contributed by atoms with Crippen molar-refractivity contribution in [2.24, 2.45) is 4.99 Å². The Morgan fingerprint density at radius 2 is 2.36 bits per heavy atom.